The van der Waals surface area contributed by atoms with Gasteiger partial charge in [0.2, 0.25) is 10.0 Å². The van der Waals surface area contributed by atoms with E-state index in [9.17, 15) is 13.5 Å². The van der Waals surface area contributed by atoms with Crippen LogP contribution in [0.5, 0.6) is 0 Å². The molecule has 7 heteroatoms. The van der Waals surface area contributed by atoms with Gasteiger partial charge in [-0.2, -0.15) is 0 Å². The molecule has 1 aliphatic rings. The number of aryl methyl sites for hydroxylation is 1. The van der Waals surface area contributed by atoms with E-state index in [4.69, 9.17) is 10.5 Å². The Morgan fingerprint density at radius 2 is 2.05 bits per heavy atom. The highest BCUT2D eigenvalue weighted by Crippen LogP contribution is 2.22. The van der Waals surface area contributed by atoms with E-state index in [0.29, 0.717) is 26.1 Å². The quantitative estimate of drug-likeness (QED) is 0.699. The molecule has 0 atom stereocenters. The van der Waals surface area contributed by atoms with Crippen molar-refractivity contribution in [2.24, 2.45) is 0 Å². The van der Waals surface area contributed by atoms with Crippen LogP contribution in [0, 0.1) is 6.92 Å². The predicted molar refractivity (Wildman–Crippen MR) is 75.8 cm³/mol. The van der Waals surface area contributed by atoms with Gasteiger partial charge in [-0.1, -0.05) is 6.07 Å². The Kier molecular flexibility index (Phi) is 4.33. The molecule has 0 aromatic heterocycles. The maximum Gasteiger partial charge on any atom is 0.242 e. The first-order chi connectivity index (χ1) is 9.32. The SMILES string of the molecule is Cc1ccc(S(=O)(=O)NCC2(O)CCOCC2)c(N)c1. The minimum atomic E-state index is -3.72. The summed E-state index contributed by atoms with van der Waals surface area (Å²) in [4.78, 5) is 0.0405. The van der Waals surface area contributed by atoms with Gasteiger partial charge in [0.25, 0.3) is 0 Å². The van der Waals surface area contributed by atoms with Gasteiger partial charge < -0.3 is 15.6 Å². The highest BCUT2D eigenvalue weighted by Gasteiger charge is 2.31. The van der Waals surface area contributed by atoms with E-state index in [1.807, 2.05) is 6.92 Å². The molecule has 0 radical (unpaired) electrons. The van der Waals surface area contributed by atoms with Gasteiger partial charge in [0, 0.05) is 32.6 Å². The molecule has 0 unspecified atom stereocenters. The first-order valence-electron chi connectivity index (χ1n) is 6.48. The number of aliphatic hydroxyl groups is 1. The molecular weight excluding hydrogens is 280 g/mol. The number of hydrogen-bond donors (Lipinski definition) is 3. The summed E-state index contributed by atoms with van der Waals surface area (Å²) in [6, 6.07) is 4.77. The second kappa shape index (κ2) is 5.69. The maximum absolute atomic E-state index is 12.2. The third kappa shape index (κ3) is 3.49. The molecule has 4 N–H and O–H groups in total. The van der Waals surface area contributed by atoms with Gasteiger partial charge in [-0.15, -0.1) is 0 Å². The van der Waals surface area contributed by atoms with Crippen LogP contribution in [0.1, 0.15) is 18.4 Å². The number of benzene rings is 1. The average Bonchev–Trinajstić information content (AvgIpc) is 2.37. The normalized spacial score (nSPS) is 18.9. The maximum atomic E-state index is 12.2. The molecular formula is C13H20N2O4S. The first kappa shape index (κ1) is 15.2. The molecule has 112 valence electrons. The molecule has 0 spiro atoms. The van der Waals surface area contributed by atoms with Crippen molar-refractivity contribution in [1.82, 2.24) is 4.72 Å². The van der Waals surface area contributed by atoms with Crippen LogP contribution in [0.25, 0.3) is 0 Å². The number of nitrogens with one attached hydrogen (secondary N) is 1. The second-order valence-electron chi connectivity index (χ2n) is 5.20. The third-order valence-electron chi connectivity index (χ3n) is 3.47. The highest BCUT2D eigenvalue weighted by atomic mass is 32.2. The van der Waals surface area contributed by atoms with Crippen LogP contribution >= 0.6 is 0 Å². The van der Waals surface area contributed by atoms with Crippen LogP contribution < -0.4 is 10.5 Å². The third-order valence-corrected chi connectivity index (χ3v) is 4.94. The molecule has 1 saturated heterocycles. The second-order valence-corrected chi connectivity index (χ2v) is 6.94. The fourth-order valence-corrected chi connectivity index (χ4v) is 3.38. The predicted octanol–water partition coefficient (Wildman–Crippen LogP) is 0.397. The summed E-state index contributed by atoms with van der Waals surface area (Å²) >= 11 is 0. The highest BCUT2D eigenvalue weighted by molar-refractivity contribution is 7.89. The summed E-state index contributed by atoms with van der Waals surface area (Å²) in [5.74, 6) is 0. The van der Waals surface area contributed by atoms with E-state index in [1.165, 1.54) is 6.07 Å². The van der Waals surface area contributed by atoms with E-state index < -0.39 is 15.6 Å². The molecule has 1 aromatic rings. The molecule has 6 nitrogen and oxygen atoms in total. The monoisotopic (exact) mass is 300 g/mol. The van der Waals surface area contributed by atoms with E-state index in [1.54, 1.807) is 12.1 Å². The molecule has 2 rings (SSSR count). The molecule has 1 heterocycles. The molecule has 0 bridgehead atoms. The summed E-state index contributed by atoms with van der Waals surface area (Å²) in [5.41, 5.74) is 5.79. The van der Waals surface area contributed by atoms with Crippen molar-refractivity contribution in [1.29, 1.82) is 0 Å². The zero-order valence-corrected chi connectivity index (χ0v) is 12.2. The molecule has 0 saturated carbocycles. The van der Waals surface area contributed by atoms with Gasteiger partial charge in [0.1, 0.15) is 4.90 Å². The molecule has 0 amide bonds. The van der Waals surface area contributed by atoms with Crippen molar-refractivity contribution in [3.8, 4) is 0 Å². The van der Waals surface area contributed by atoms with Crippen LogP contribution in [0.3, 0.4) is 0 Å². The number of nitrogen functional groups attached to an aromatic ring is 1. The summed E-state index contributed by atoms with van der Waals surface area (Å²) in [5, 5.41) is 10.3. The van der Waals surface area contributed by atoms with Gasteiger partial charge in [0.05, 0.1) is 11.3 Å². The van der Waals surface area contributed by atoms with E-state index in [-0.39, 0.29) is 17.1 Å². The zero-order chi connectivity index (χ0) is 14.8. The lowest BCUT2D eigenvalue weighted by Gasteiger charge is -2.32. The Morgan fingerprint density at radius 3 is 2.65 bits per heavy atom. The zero-order valence-electron chi connectivity index (χ0n) is 11.4. The fraction of sp³-hybridized carbons (Fsp3) is 0.538. The fourth-order valence-electron chi connectivity index (χ4n) is 2.15. The number of hydrogen-bond acceptors (Lipinski definition) is 5. The van der Waals surface area contributed by atoms with E-state index >= 15 is 0 Å². The summed E-state index contributed by atoms with van der Waals surface area (Å²) in [6.45, 7) is 2.67. The minimum absolute atomic E-state index is 0.0357. The van der Waals surface area contributed by atoms with Crippen molar-refractivity contribution in [3.63, 3.8) is 0 Å². The van der Waals surface area contributed by atoms with Gasteiger partial charge in [0.15, 0.2) is 0 Å². The average molecular weight is 300 g/mol. The lowest BCUT2D eigenvalue weighted by atomic mass is 9.95. The summed E-state index contributed by atoms with van der Waals surface area (Å²) in [6.07, 6.45) is 0.831. The smallest absolute Gasteiger partial charge is 0.242 e. The van der Waals surface area contributed by atoms with Crippen LogP contribution in [-0.2, 0) is 14.8 Å². The summed E-state index contributed by atoms with van der Waals surface area (Å²) in [7, 11) is -3.72. The topological polar surface area (TPSA) is 102 Å². The lowest BCUT2D eigenvalue weighted by molar-refractivity contribution is -0.0588. The van der Waals surface area contributed by atoms with Crippen molar-refractivity contribution in [3.05, 3.63) is 23.8 Å². The Labute approximate surface area is 119 Å². The number of ether oxygens (including phenoxy) is 1. The minimum Gasteiger partial charge on any atom is -0.398 e. The molecule has 0 aliphatic carbocycles. The van der Waals surface area contributed by atoms with Crippen molar-refractivity contribution >= 4 is 15.7 Å². The molecule has 1 aliphatic heterocycles. The molecule has 20 heavy (non-hydrogen) atoms. The van der Waals surface area contributed by atoms with E-state index in [2.05, 4.69) is 4.72 Å². The first-order valence-corrected chi connectivity index (χ1v) is 7.97. The summed E-state index contributed by atoms with van der Waals surface area (Å²) < 4.78 is 32.0. The Balaban J connectivity index is 2.11. The van der Waals surface area contributed by atoms with Gasteiger partial charge in [-0.25, -0.2) is 13.1 Å². The number of sulfonamides is 1. The van der Waals surface area contributed by atoms with Gasteiger partial charge >= 0.3 is 0 Å². The molecule has 1 fully saturated rings. The van der Waals surface area contributed by atoms with Crippen LogP contribution in [0.2, 0.25) is 0 Å². The standard InChI is InChI=1S/C13H20N2O4S/c1-10-2-3-12(11(14)8-10)20(17,18)15-9-13(16)4-6-19-7-5-13/h2-3,8,15-16H,4-7,9,14H2,1H3. The largest absolute Gasteiger partial charge is 0.398 e. The van der Waals surface area contributed by atoms with Crippen LogP contribution in [0.15, 0.2) is 23.1 Å². The van der Waals surface area contributed by atoms with Crippen LogP contribution in [-0.4, -0.2) is 38.9 Å². The Bertz CT molecular complexity index is 580. The number of nitrogens with two attached hydrogens (primary N) is 1. The van der Waals surface area contributed by atoms with E-state index in [0.717, 1.165) is 5.56 Å². The van der Waals surface area contributed by atoms with Crippen molar-refractivity contribution in [2.45, 2.75) is 30.3 Å². The lowest BCUT2D eigenvalue weighted by Crippen LogP contribution is -2.46. The Hall–Kier alpha value is -1.15. The van der Waals surface area contributed by atoms with Crippen LogP contribution in [0.4, 0.5) is 5.69 Å². The van der Waals surface area contributed by atoms with Gasteiger partial charge in [-0.05, 0) is 24.6 Å². The van der Waals surface area contributed by atoms with Crippen molar-refractivity contribution < 1.29 is 18.3 Å². The van der Waals surface area contributed by atoms with Crippen molar-refractivity contribution in [2.75, 3.05) is 25.5 Å². The number of anilines is 1. The number of rotatable bonds is 4. The molecule has 1 aromatic carbocycles. The Morgan fingerprint density at radius 1 is 1.40 bits per heavy atom. The van der Waals surface area contributed by atoms with Gasteiger partial charge in [-0.3, -0.25) is 0 Å².